The fourth-order valence-electron chi connectivity index (χ4n) is 3.18. The van der Waals surface area contributed by atoms with Crippen molar-refractivity contribution in [2.75, 3.05) is 39.8 Å². The number of carbonyl (C=O) groups excluding carboxylic acids is 1. The SMILES string of the molecule is CCN1CCN(S(=O)(=O)c2ccc(Cl)c(C(=O)N(C)Cc3cccs3)c2)CC1. The number of sulfonamides is 1. The zero-order valence-corrected chi connectivity index (χ0v) is 18.4. The predicted molar refractivity (Wildman–Crippen MR) is 112 cm³/mol. The molecule has 1 saturated heterocycles. The first-order valence-electron chi connectivity index (χ1n) is 9.13. The lowest BCUT2D eigenvalue weighted by Gasteiger charge is -2.33. The van der Waals surface area contributed by atoms with Crippen molar-refractivity contribution in [1.29, 1.82) is 0 Å². The van der Waals surface area contributed by atoms with Crippen molar-refractivity contribution in [1.82, 2.24) is 14.1 Å². The van der Waals surface area contributed by atoms with Crippen molar-refractivity contribution in [3.8, 4) is 0 Å². The van der Waals surface area contributed by atoms with Crippen LogP contribution in [-0.4, -0.2) is 68.2 Å². The summed E-state index contributed by atoms with van der Waals surface area (Å²) in [4.78, 5) is 17.8. The van der Waals surface area contributed by atoms with E-state index >= 15 is 0 Å². The number of hydrogen-bond acceptors (Lipinski definition) is 5. The highest BCUT2D eigenvalue weighted by molar-refractivity contribution is 7.89. The molecule has 0 N–H and O–H groups in total. The largest absolute Gasteiger partial charge is 0.337 e. The van der Waals surface area contributed by atoms with Crippen LogP contribution in [0.2, 0.25) is 5.02 Å². The number of halogens is 1. The van der Waals surface area contributed by atoms with Crippen molar-refractivity contribution in [2.45, 2.75) is 18.4 Å². The van der Waals surface area contributed by atoms with Gasteiger partial charge in [-0.2, -0.15) is 4.31 Å². The van der Waals surface area contributed by atoms with Gasteiger partial charge in [-0.05, 0) is 36.2 Å². The maximum absolute atomic E-state index is 13.0. The van der Waals surface area contributed by atoms with Crippen molar-refractivity contribution >= 4 is 38.9 Å². The molecule has 1 aromatic heterocycles. The van der Waals surface area contributed by atoms with E-state index in [1.165, 1.54) is 22.5 Å². The average Bonchev–Trinajstić information content (AvgIpc) is 3.20. The second-order valence-electron chi connectivity index (χ2n) is 6.72. The van der Waals surface area contributed by atoms with Gasteiger partial charge in [0.25, 0.3) is 5.91 Å². The van der Waals surface area contributed by atoms with Crippen LogP contribution in [0.5, 0.6) is 0 Å². The molecular formula is C19H24ClN3O3S2. The zero-order chi connectivity index (χ0) is 20.3. The molecule has 2 heterocycles. The van der Waals surface area contributed by atoms with Gasteiger partial charge in [-0.1, -0.05) is 24.6 Å². The average molecular weight is 442 g/mol. The Kier molecular flexibility index (Phi) is 6.77. The number of amides is 1. The summed E-state index contributed by atoms with van der Waals surface area (Å²) in [6.45, 7) is 5.72. The fourth-order valence-corrected chi connectivity index (χ4v) is 5.58. The lowest BCUT2D eigenvalue weighted by Crippen LogP contribution is -2.48. The van der Waals surface area contributed by atoms with Gasteiger partial charge in [0.05, 0.1) is 22.0 Å². The van der Waals surface area contributed by atoms with E-state index in [-0.39, 0.29) is 21.4 Å². The Morgan fingerprint density at radius 3 is 2.54 bits per heavy atom. The molecule has 0 spiro atoms. The minimum atomic E-state index is -3.66. The molecule has 152 valence electrons. The number of piperazine rings is 1. The topological polar surface area (TPSA) is 60.9 Å². The summed E-state index contributed by atoms with van der Waals surface area (Å²) >= 11 is 7.79. The molecule has 0 aliphatic carbocycles. The molecule has 0 unspecified atom stereocenters. The molecule has 2 aromatic rings. The molecule has 1 aliphatic heterocycles. The van der Waals surface area contributed by atoms with Crippen LogP contribution in [0.25, 0.3) is 0 Å². The second kappa shape index (κ2) is 8.92. The van der Waals surface area contributed by atoms with Crippen molar-refractivity contribution in [3.63, 3.8) is 0 Å². The molecule has 0 saturated carbocycles. The molecule has 6 nitrogen and oxygen atoms in total. The summed E-state index contributed by atoms with van der Waals surface area (Å²) in [5.74, 6) is -0.300. The Morgan fingerprint density at radius 1 is 1.21 bits per heavy atom. The van der Waals surface area contributed by atoms with E-state index in [1.54, 1.807) is 23.3 Å². The monoisotopic (exact) mass is 441 g/mol. The molecule has 9 heteroatoms. The zero-order valence-electron chi connectivity index (χ0n) is 16.0. The van der Waals surface area contributed by atoms with Gasteiger partial charge in [-0.25, -0.2) is 8.42 Å². The molecule has 0 bridgehead atoms. The summed E-state index contributed by atoms with van der Waals surface area (Å²) in [7, 11) is -1.98. The lowest BCUT2D eigenvalue weighted by molar-refractivity contribution is 0.0786. The van der Waals surface area contributed by atoms with Crippen LogP contribution >= 0.6 is 22.9 Å². The number of nitrogens with zero attached hydrogens (tertiary/aromatic N) is 3. The molecule has 3 rings (SSSR count). The Morgan fingerprint density at radius 2 is 1.93 bits per heavy atom. The molecule has 1 aliphatic rings. The van der Waals surface area contributed by atoms with Crippen LogP contribution in [0.4, 0.5) is 0 Å². The molecule has 1 amide bonds. The smallest absolute Gasteiger partial charge is 0.255 e. The molecule has 0 radical (unpaired) electrons. The third-order valence-electron chi connectivity index (χ3n) is 4.90. The number of thiophene rings is 1. The van der Waals surface area contributed by atoms with Crippen LogP contribution in [-0.2, 0) is 16.6 Å². The van der Waals surface area contributed by atoms with Crippen LogP contribution < -0.4 is 0 Å². The summed E-state index contributed by atoms with van der Waals surface area (Å²) in [6, 6.07) is 8.24. The Balaban J connectivity index is 1.81. The van der Waals surface area contributed by atoms with Crippen molar-refractivity contribution in [2.24, 2.45) is 0 Å². The third kappa shape index (κ3) is 4.58. The molecule has 28 heavy (non-hydrogen) atoms. The van der Waals surface area contributed by atoms with Gasteiger partial charge in [0.1, 0.15) is 0 Å². The number of benzene rings is 1. The van der Waals surface area contributed by atoms with Gasteiger partial charge in [0.15, 0.2) is 0 Å². The number of carbonyl (C=O) groups is 1. The quantitative estimate of drug-likeness (QED) is 0.691. The second-order valence-corrected chi connectivity index (χ2v) is 10.1. The third-order valence-corrected chi connectivity index (χ3v) is 7.99. The Labute approximate surface area is 175 Å². The molecule has 0 atom stereocenters. The van der Waals surface area contributed by atoms with E-state index in [1.807, 2.05) is 17.5 Å². The normalized spacial score (nSPS) is 16.2. The van der Waals surface area contributed by atoms with Crippen LogP contribution in [0.15, 0.2) is 40.6 Å². The van der Waals surface area contributed by atoms with Crippen molar-refractivity contribution < 1.29 is 13.2 Å². The van der Waals surface area contributed by atoms with Gasteiger partial charge in [0, 0.05) is 38.1 Å². The van der Waals surface area contributed by atoms with Crippen LogP contribution in [0, 0.1) is 0 Å². The van der Waals surface area contributed by atoms with E-state index in [2.05, 4.69) is 11.8 Å². The lowest BCUT2D eigenvalue weighted by atomic mass is 10.2. The minimum absolute atomic E-state index is 0.106. The highest BCUT2D eigenvalue weighted by atomic mass is 35.5. The van der Waals surface area contributed by atoms with Gasteiger partial charge in [-0.15, -0.1) is 11.3 Å². The molecule has 1 aromatic carbocycles. The van der Waals surface area contributed by atoms with E-state index < -0.39 is 10.0 Å². The fraction of sp³-hybridized carbons (Fsp3) is 0.421. The van der Waals surface area contributed by atoms with Gasteiger partial charge in [-0.3, -0.25) is 4.79 Å². The van der Waals surface area contributed by atoms with Gasteiger partial charge in [0.2, 0.25) is 10.0 Å². The highest BCUT2D eigenvalue weighted by Crippen LogP contribution is 2.25. The van der Waals surface area contributed by atoms with E-state index in [0.717, 1.165) is 11.4 Å². The summed E-state index contributed by atoms with van der Waals surface area (Å²) in [6.07, 6.45) is 0. The van der Waals surface area contributed by atoms with Crippen LogP contribution in [0.3, 0.4) is 0 Å². The first kappa shape index (κ1) is 21.3. The first-order chi connectivity index (χ1) is 13.3. The van der Waals surface area contributed by atoms with Crippen molar-refractivity contribution in [3.05, 3.63) is 51.2 Å². The number of rotatable bonds is 6. The van der Waals surface area contributed by atoms with Gasteiger partial charge >= 0.3 is 0 Å². The standard InChI is InChI=1S/C19H24ClN3O3S2/c1-3-22-8-10-23(11-9-22)28(25,26)16-6-7-18(20)17(13-16)19(24)21(2)14-15-5-4-12-27-15/h4-7,12-13H,3,8-11,14H2,1-2H3. The summed E-state index contributed by atoms with van der Waals surface area (Å²) < 4.78 is 27.5. The molecular weight excluding hydrogens is 418 g/mol. The maximum Gasteiger partial charge on any atom is 0.255 e. The number of hydrogen-bond donors (Lipinski definition) is 0. The first-order valence-corrected chi connectivity index (χ1v) is 11.8. The van der Waals surface area contributed by atoms with Crippen LogP contribution in [0.1, 0.15) is 22.2 Å². The molecule has 1 fully saturated rings. The Hall–Kier alpha value is -1.45. The van der Waals surface area contributed by atoms with E-state index in [9.17, 15) is 13.2 Å². The maximum atomic E-state index is 13.0. The van der Waals surface area contributed by atoms with Gasteiger partial charge < -0.3 is 9.80 Å². The Bertz CT molecular complexity index is 924. The van der Waals surface area contributed by atoms with E-state index in [4.69, 9.17) is 11.6 Å². The summed E-state index contributed by atoms with van der Waals surface area (Å²) in [5.41, 5.74) is 0.203. The number of likely N-dealkylation sites (N-methyl/N-ethyl adjacent to an activating group) is 1. The predicted octanol–water partition coefficient (Wildman–Crippen LogP) is 3.00. The van der Waals surface area contributed by atoms with E-state index in [0.29, 0.717) is 32.7 Å². The minimum Gasteiger partial charge on any atom is -0.337 e. The summed E-state index contributed by atoms with van der Waals surface area (Å²) in [5, 5.41) is 2.20. The highest BCUT2D eigenvalue weighted by Gasteiger charge is 2.29.